The zero-order chi connectivity index (χ0) is 16.8. The van der Waals surface area contributed by atoms with Crippen LogP contribution in [0.2, 0.25) is 0 Å². The van der Waals surface area contributed by atoms with Gasteiger partial charge in [0.25, 0.3) is 0 Å². The molecule has 2 aromatic rings. The zero-order valence-corrected chi connectivity index (χ0v) is 15.0. The van der Waals surface area contributed by atoms with Crippen LogP contribution in [0.5, 0.6) is 0 Å². The predicted octanol–water partition coefficient (Wildman–Crippen LogP) is 3.20. The number of hydrogen-bond acceptors (Lipinski definition) is 4. The number of carbonyl (C=O) groups is 1. The summed E-state index contributed by atoms with van der Waals surface area (Å²) in [5.41, 5.74) is 3.51. The molecule has 0 spiro atoms. The maximum atomic E-state index is 11.9. The molecule has 0 bridgehead atoms. The van der Waals surface area contributed by atoms with Crippen LogP contribution in [0, 0.1) is 20.8 Å². The second kappa shape index (κ2) is 8.15. The number of hydrogen-bond donors (Lipinski definition) is 1. The van der Waals surface area contributed by atoms with Gasteiger partial charge in [0.15, 0.2) is 5.16 Å². The van der Waals surface area contributed by atoms with Crippen molar-refractivity contribution in [1.82, 2.24) is 20.1 Å². The van der Waals surface area contributed by atoms with Gasteiger partial charge in [-0.15, -0.1) is 10.2 Å². The number of carbonyl (C=O) groups excluding carboxylic acids is 1. The Hall–Kier alpha value is -1.82. The topological polar surface area (TPSA) is 59.8 Å². The molecule has 1 aromatic heterocycles. The molecule has 0 aliphatic rings. The van der Waals surface area contributed by atoms with Gasteiger partial charge in [-0.25, -0.2) is 0 Å². The van der Waals surface area contributed by atoms with Crippen molar-refractivity contribution in [2.75, 3.05) is 12.3 Å². The molecular formula is C17H24N4OS. The van der Waals surface area contributed by atoms with Crippen LogP contribution in [-0.2, 0) is 4.79 Å². The van der Waals surface area contributed by atoms with E-state index in [1.165, 1.54) is 22.9 Å². The average molecular weight is 332 g/mol. The maximum absolute atomic E-state index is 11.9. The smallest absolute Gasteiger partial charge is 0.230 e. The van der Waals surface area contributed by atoms with Crippen molar-refractivity contribution < 1.29 is 4.79 Å². The summed E-state index contributed by atoms with van der Waals surface area (Å²) in [5.74, 6) is 1.21. The second-order valence-corrected chi connectivity index (χ2v) is 6.57. The van der Waals surface area contributed by atoms with E-state index < -0.39 is 0 Å². The molecule has 1 aromatic carbocycles. The van der Waals surface area contributed by atoms with Crippen molar-refractivity contribution in [3.8, 4) is 5.69 Å². The first kappa shape index (κ1) is 17.5. The van der Waals surface area contributed by atoms with Gasteiger partial charge in [0.05, 0.1) is 5.75 Å². The first-order valence-corrected chi connectivity index (χ1v) is 8.90. The Kier molecular flexibility index (Phi) is 6.21. The highest BCUT2D eigenvalue weighted by Crippen LogP contribution is 2.23. The summed E-state index contributed by atoms with van der Waals surface area (Å²) in [7, 11) is 0. The molecule has 0 aliphatic carbocycles. The summed E-state index contributed by atoms with van der Waals surface area (Å²) in [6.07, 6.45) is 2.09. The molecule has 0 aliphatic heterocycles. The zero-order valence-electron chi connectivity index (χ0n) is 14.2. The van der Waals surface area contributed by atoms with Crippen LogP contribution in [0.15, 0.2) is 23.4 Å². The van der Waals surface area contributed by atoms with E-state index in [1.807, 2.05) is 11.5 Å². The minimum absolute atomic E-state index is 0.0377. The molecule has 0 unspecified atom stereocenters. The van der Waals surface area contributed by atoms with Crippen molar-refractivity contribution in [3.05, 3.63) is 35.2 Å². The van der Waals surface area contributed by atoms with E-state index in [2.05, 4.69) is 54.5 Å². The van der Waals surface area contributed by atoms with Crippen LogP contribution in [-0.4, -0.2) is 33.0 Å². The lowest BCUT2D eigenvalue weighted by Gasteiger charge is -2.10. The number of amides is 1. The molecule has 0 saturated heterocycles. The summed E-state index contributed by atoms with van der Waals surface area (Å²) in [5, 5.41) is 12.0. The van der Waals surface area contributed by atoms with Crippen LogP contribution < -0.4 is 5.32 Å². The highest BCUT2D eigenvalue weighted by Gasteiger charge is 2.13. The SMILES string of the molecule is CCCCNC(=O)CSc1nnc(C)n1-c1ccc(C)c(C)c1. The number of unbranched alkanes of at least 4 members (excludes halogenated alkanes) is 1. The maximum Gasteiger partial charge on any atom is 0.230 e. The lowest BCUT2D eigenvalue weighted by atomic mass is 10.1. The number of nitrogens with zero attached hydrogens (tertiary/aromatic N) is 3. The average Bonchev–Trinajstić information content (AvgIpc) is 2.89. The van der Waals surface area contributed by atoms with E-state index in [4.69, 9.17) is 0 Å². The monoisotopic (exact) mass is 332 g/mol. The summed E-state index contributed by atoms with van der Waals surface area (Å²) >= 11 is 1.42. The van der Waals surface area contributed by atoms with E-state index in [0.29, 0.717) is 5.75 Å². The molecule has 1 amide bonds. The number of rotatable bonds is 7. The van der Waals surface area contributed by atoms with Crippen LogP contribution in [0.4, 0.5) is 0 Å². The molecule has 124 valence electrons. The number of thioether (sulfide) groups is 1. The van der Waals surface area contributed by atoms with E-state index >= 15 is 0 Å². The van der Waals surface area contributed by atoms with Gasteiger partial charge in [-0.1, -0.05) is 31.2 Å². The van der Waals surface area contributed by atoms with Gasteiger partial charge in [0, 0.05) is 12.2 Å². The second-order valence-electron chi connectivity index (χ2n) is 5.63. The normalized spacial score (nSPS) is 10.8. The summed E-state index contributed by atoms with van der Waals surface area (Å²) in [6, 6.07) is 6.27. The first-order chi connectivity index (χ1) is 11.0. The number of aryl methyl sites for hydroxylation is 3. The van der Waals surface area contributed by atoms with Gasteiger partial charge in [-0.05, 0) is 50.5 Å². The van der Waals surface area contributed by atoms with E-state index in [1.54, 1.807) is 0 Å². The largest absolute Gasteiger partial charge is 0.355 e. The van der Waals surface area contributed by atoms with E-state index in [0.717, 1.165) is 36.1 Å². The van der Waals surface area contributed by atoms with E-state index in [-0.39, 0.29) is 5.91 Å². The van der Waals surface area contributed by atoms with E-state index in [9.17, 15) is 4.79 Å². The van der Waals surface area contributed by atoms with Gasteiger partial charge in [-0.3, -0.25) is 9.36 Å². The highest BCUT2D eigenvalue weighted by molar-refractivity contribution is 7.99. The molecular weight excluding hydrogens is 308 g/mol. The van der Waals surface area contributed by atoms with Crippen molar-refractivity contribution in [3.63, 3.8) is 0 Å². The Bertz CT molecular complexity index is 681. The van der Waals surface area contributed by atoms with Crippen molar-refractivity contribution in [2.24, 2.45) is 0 Å². The Morgan fingerprint density at radius 2 is 2.00 bits per heavy atom. The fraction of sp³-hybridized carbons (Fsp3) is 0.471. The van der Waals surface area contributed by atoms with Gasteiger partial charge in [-0.2, -0.15) is 0 Å². The third-order valence-corrected chi connectivity index (χ3v) is 4.66. The van der Waals surface area contributed by atoms with Gasteiger partial charge in [0.1, 0.15) is 5.82 Å². The Morgan fingerprint density at radius 1 is 1.22 bits per heavy atom. The molecule has 1 heterocycles. The van der Waals surface area contributed by atoms with Gasteiger partial charge < -0.3 is 5.32 Å². The molecule has 0 fully saturated rings. The Labute approximate surface area is 141 Å². The molecule has 0 saturated carbocycles. The van der Waals surface area contributed by atoms with Crippen molar-refractivity contribution in [1.29, 1.82) is 0 Å². The van der Waals surface area contributed by atoms with Crippen LogP contribution in [0.25, 0.3) is 5.69 Å². The molecule has 2 rings (SSSR count). The molecule has 0 atom stereocenters. The summed E-state index contributed by atoms with van der Waals surface area (Å²) in [6.45, 7) is 8.95. The molecule has 6 heteroatoms. The van der Waals surface area contributed by atoms with Gasteiger partial charge in [0.2, 0.25) is 5.91 Å². The lowest BCUT2D eigenvalue weighted by Crippen LogP contribution is -2.26. The number of nitrogens with one attached hydrogen (secondary N) is 1. The fourth-order valence-corrected chi connectivity index (χ4v) is 3.01. The number of aromatic nitrogens is 3. The van der Waals surface area contributed by atoms with Gasteiger partial charge >= 0.3 is 0 Å². The Morgan fingerprint density at radius 3 is 2.70 bits per heavy atom. The summed E-state index contributed by atoms with van der Waals surface area (Å²) in [4.78, 5) is 11.9. The highest BCUT2D eigenvalue weighted by atomic mass is 32.2. The third kappa shape index (κ3) is 4.58. The van der Waals surface area contributed by atoms with Crippen molar-refractivity contribution >= 4 is 17.7 Å². The van der Waals surface area contributed by atoms with Crippen molar-refractivity contribution in [2.45, 2.75) is 45.7 Å². The quantitative estimate of drug-likeness (QED) is 0.625. The first-order valence-electron chi connectivity index (χ1n) is 7.92. The standard InChI is InChI=1S/C17H24N4OS/c1-5-6-9-18-16(22)11-23-17-20-19-14(4)21(17)15-8-7-12(2)13(3)10-15/h7-8,10H,5-6,9,11H2,1-4H3,(H,18,22). The molecule has 23 heavy (non-hydrogen) atoms. The minimum Gasteiger partial charge on any atom is -0.355 e. The minimum atomic E-state index is 0.0377. The van der Waals surface area contributed by atoms with Crippen LogP contribution in [0.1, 0.15) is 36.7 Å². The Balaban J connectivity index is 2.09. The van der Waals surface area contributed by atoms with Crippen LogP contribution in [0.3, 0.4) is 0 Å². The molecule has 5 nitrogen and oxygen atoms in total. The van der Waals surface area contributed by atoms with Crippen LogP contribution >= 0.6 is 11.8 Å². The summed E-state index contributed by atoms with van der Waals surface area (Å²) < 4.78 is 2.00. The molecule has 0 radical (unpaired) electrons. The predicted molar refractivity (Wildman–Crippen MR) is 94.2 cm³/mol. The molecule has 1 N–H and O–H groups in total. The lowest BCUT2D eigenvalue weighted by molar-refractivity contribution is -0.118. The fourth-order valence-electron chi connectivity index (χ4n) is 2.18. The number of benzene rings is 1. The third-order valence-electron chi connectivity index (χ3n) is 3.73.